The summed E-state index contributed by atoms with van der Waals surface area (Å²) in [5, 5.41) is 0.436. The van der Waals surface area contributed by atoms with E-state index in [1.807, 2.05) is 0 Å². The van der Waals surface area contributed by atoms with Crippen molar-refractivity contribution in [3.63, 3.8) is 0 Å². The summed E-state index contributed by atoms with van der Waals surface area (Å²) in [5.74, 6) is -0.458. The number of hydrogen-bond donors (Lipinski definition) is 0. The third kappa shape index (κ3) is 3.16. The van der Waals surface area contributed by atoms with Gasteiger partial charge in [0.1, 0.15) is 17.4 Å². The van der Waals surface area contributed by atoms with Crippen molar-refractivity contribution in [3.8, 4) is 0 Å². The highest BCUT2D eigenvalue weighted by Gasteiger charge is 2.26. The minimum atomic E-state index is -0.365. The molecule has 1 saturated heterocycles. The first kappa shape index (κ1) is 14.1. The molecule has 0 bridgehead atoms. The molecule has 0 aromatic carbocycles. The molecule has 0 spiro atoms. The Morgan fingerprint density at radius 1 is 1.32 bits per heavy atom. The van der Waals surface area contributed by atoms with Crippen LogP contribution in [-0.2, 0) is 4.79 Å². The maximum Gasteiger partial charge on any atom is 0.274 e. The lowest BCUT2D eigenvalue weighted by atomic mass is 10.3. The van der Waals surface area contributed by atoms with E-state index in [-0.39, 0.29) is 34.2 Å². The van der Waals surface area contributed by atoms with Gasteiger partial charge < -0.3 is 9.80 Å². The first-order valence-corrected chi connectivity index (χ1v) is 6.60. The fraction of sp³-hybridized carbons (Fsp3) is 0.417. The molecule has 102 valence electrons. The number of nitrogens with zero attached hydrogens (tertiary/aromatic N) is 3. The second-order valence-corrected chi connectivity index (χ2v) is 5.15. The summed E-state index contributed by atoms with van der Waals surface area (Å²) < 4.78 is 0. The molecular weight excluding hydrogens is 289 g/mol. The van der Waals surface area contributed by atoms with Gasteiger partial charge in [0.05, 0.1) is 5.02 Å². The Labute approximate surface area is 121 Å². The van der Waals surface area contributed by atoms with E-state index in [1.165, 1.54) is 17.0 Å². The molecule has 2 heterocycles. The third-order valence-corrected chi connectivity index (χ3v) is 3.49. The highest BCUT2D eigenvalue weighted by molar-refractivity contribution is 6.34. The molecule has 0 unspecified atom stereocenters. The lowest BCUT2D eigenvalue weighted by Crippen LogP contribution is -2.38. The molecule has 0 atom stereocenters. The van der Waals surface area contributed by atoms with Crippen molar-refractivity contribution in [3.05, 3.63) is 28.0 Å². The van der Waals surface area contributed by atoms with E-state index in [2.05, 4.69) is 4.98 Å². The third-order valence-electron chi connectivity index (χ3n) is 2.98. The smallest absolute Gasteiger partial charge is 0.274 e. The largest absolute Gasteiger partial charge is 0.344 e. The summed E-state index contributed by atoms with van der Waals surface area (Å²) in [4.78, 5) is 31.1. The number of halogens is 2. The van der Waals surface area contributed by atoms with E-state index in [4.69, 9.17) is 23.2 Å². The lowest BCUT2D eigenvalue weighted by molar-refractivity contribution is -0.129. The summed E-state index contributed by atoms with van der Waals surface area (Å²) in [6.45, 7) is 1.18. The monoisotopic (exact) mass is 301 g/mol. The molecule has 1 fully saturated rings. The van der Waals surface area contributed by atoms with Crippen LogP contribution in [0.1, 0.15) is 16.9 Å². The number of carbonyl (C=O) groups excluding carboxylic acids is 2. The SMILES string of the molecule is CN1CCCN(C(=O)c2nc(Cl)ccc2Cl)CC1=O. The predicted octanol–water partition coefficient (Wildman–Crippen LogP) is 1.69. The van der Waals surface area contributed by atoms with Crippen LogP contribution in [0, 0.1) is 0 Å². The zero-order valence-corrected chi connectivity index (χ0v) is 11.9. The van der Waals surface area contributed by atoms with Crippen molar-refractivity contribution in [2.45, 2.75) is 6.42 Å². The van der Waals surface area contributed by atoms with Crippen molar-refractivity contribution in [1.29, 1.82) is 0 Å². The zero-order valence-electron chi connectivity index (χ0n) is 10.4. The molecule has 2 rings (SSSR count). The molecule has 1 aliphatic heterocycles. The van der Waals surface area contributed by atoms with Gasteiger partial charge in [-0.25, -0.2) is 4.98 Å². The Balaban J connectivity index is 2.23. The first-order chi connectivity index (χ1) is 8.99. The van der Waals surface area contributed by atoms with Crippen molar-refractivity contribution >= 4 is 35.0 Å². The molecule has 5 nitrogen and oxygen atoms in total. The minimum absolute atomic E-state index is 0.0415. The summed E-state index contributed by atoms with van der Waals surface area (Å²) in [6, 6.07) is 3.04. The molecule has 7 heteroatoms. The van der Waals surface area contributed by atoms with E-state index in [0.29, 0.717) is 13.1 Å². The number of carbonyl (C=O) groups is 2. The second-order valence-electron chi connectivity index (χ2n) is 4.36. The highest BCUT2D eigenvalue weighted by atomic mass is 35.5. The van der Waals surface area contributed by atoms with Gasteiger partial charge in [-0.05, 0) is 18.6 Å². The van der Waals surface area contributed by atoms with Crippen LogP contribution in [-0.4, -0.2) is 53.3 Å². The van der Waals surface area contributed by atoms with Crippen LogP contribution >= 0.6 is 23.2 Å². The van der Waals surface area contributed by atoms with Crippen molar-refractivity contribution in [2.24, 2.45) is 0 Å². The Morgan fingerprint density at radius 3 is 2.79 bits per heavy atom. The summed E-state index contributed by atoms with van der Waals surface area (Å²) in [7, 11) is 1.72. The van der Waals surface area contributed by atoms with Gasteiger partial charge in [-0.15, -0.1) is 0 Å². The van der Waals surface area contributed by atoms with Crippen LogP contribution in [0.3, 0.4) is 0 Å². The number of likely N-dealkylation sites (N-methyl/N-ethyl adjacent to an activating group) is 1. The number of rotatable bonds is 1. The number of amides is 2. The number of aromatic nitrogens is 1. The van der Waals surface area contributed by atoms with Gasteiger partial charge in [0, 0.05) is 20.1 Å². The van der Waals surface area contributed by atoms with Gasteiger partial charge in [0.15, 0.2) is 0 Å². The molecule has 0 saturated carbocycles. The van der Waals surface area contributed by atoms with E-state index in [0.717, 1.165) is 6.42 Å². The van der Waals surface area contributed by atoms with Crippen molar-refractivity contribution < 1.29 is 9.59 Å². The summed E-state index contributed by atoms with van der Waals surface area (Å²) in [5.41, 5.74) is 0.0894. The summed E-state index contributed by atoms with van der Waals surface area (Å²) >= 11 is 11.7. The normalized spacial score (nSPS) is 16.5. The van der Waals surface area contributed by atoms with E-state index in [9.17, 15) is 9.59 Å². The maximum atomic E-state index is 12.3. The molecule has 0 N–H and O–H groups in total. The predicted molar refractivity (Wildman–Crippen MR) is 72.4 cm³/mol. The Morgan fingerprint density at radius 2 is 2.05 bits per heavy atom. The van der Waals surface area contributed by atoms with Crippen LogP contribution in [0.5, 0.6) is 0 Å². The van der Waals surface area contributed by atoms with Gasteiger partial charge in [-0.1, -0.05) is 23.2 Å². The Kier molecular flexibility index (Phi) is 4.27. The molecule has 1 aromatic heterocycles. The lowest BCUT2D eigenvalue weighted by Gasteiger charge is -2.19. The van der Waals surface area contributed by atoms with Crippen LogP contribution in [0.15, 0.2) is 12.1 Å². The van der Waals surface area contributed by atoms with Crippen LogP contribution in [0.4, 0.5) is 0 Å². The van der Waals surface area contributed by atoms with E-state index < -0.39 is 0 Å². The van der Waals surface area contributed by atoms with E-state index >= 15 is 0 Å². The minimum Gasteiger partial charge on any atom is -0.344 e. The fourth-order valence-corrected chi connectivity index (χ4v) is 2.21. The average Bonchev–Trinajstić information content (AvgIpc) is 2.54. The van der Waals surface area contributed by atoms with Crippen LogP contribution in [0.25, 0.3) is 0 Å². The Hall–Kier alpha value is -1.33. The van der Waals surface area contributed by atoms with Crippen molar-refractivity contribution in [1.82, 2.24) is 14.8 Å². The number of hydrogen-bond acceptors (Lipinski definition) is 3. The second kappa shape index (κ2) is 5.75. The fourth-order valence-electron chi connectivity index (χ4n) is 1.88. The van der Waals surface area contributed by atoms with Gasteiger partial charge >= 0.3 is 0 Å². The maximum absolute atomic E-state index is 12.3. The summed E-state index contributed by atoms with van der Waals surface area (Å²) in [6.07, 6.45) is 0.728. The topological polar surface area (TPSA) is 53.5 Å². The van der Waals surface area contributed by atoms with Gasteiger partial charge in [0.25, 0.3) is 5.91 Å². The van der Waals surface area contributed by atoms with Crippen molar-refractivity contribution in [2.75, 3.05) is 26.7 Å². The highest BCUT2D eigenvalue weighted by Crippen LogP contribution is 2.19. The Bertz CT molecular complexity index is 522. The molecule has 2 amide bonds. The molecule has 19 heavy (non-hydrogen) atoms. The molecule has 1 aliphatic rings. The van der Waals surface area contributed by atoms with Gasteiger partial charge in [-0.2, -0.15) is 0 Å². The standard InChI is InChI=1S/C12H13Cl2N3O2/c1-16-5-2-6-17(7-10(16)18)12(19)11-8(13)3-4-9(14)15-11/h3-4H,2,5-7H2,1H3. The van der Waals surface area contributed by atoms with Gasteiger partial charge in [0.2, 0.25) is 5.91 Å². The zero-order chi connectivity index (χ0) is 14.0. The first-order valence-electron chi connectivity index (χ1n) is 5.84. The average molecular weight is 302 g/mol. The van der Waals surface area contributed by atoms with Gasteiger partial charge in [-0.3, -0.25) is 9.59 Å². The van der Waals surface area contributed by atoms with E-state index in [1.54, 1.807) is 11.9 Å². The quantitative estimate of drug-likeness (QED) is 0.742. The molecule has 0 radical (unpaired) electrons. The van der Waals surface area contributed by atoms with Crippen LogP contribution in [0.2, 0.25) is 10.2 Å². The van der Waals surface area contributed by atoms with Crippen LogP contribution < -0.4 is 0 Å². The molecule has 0 aliphatic carbocycles. The molecular formula is C12H13Cl2N3O2. The molecule has 1 aromatic rings. The number of pyridine rings is 1.